The number of esters is 2. The van der Waals surface area contributed by atoms with Gasteiger partial charge in [0, 0.05) is 18.9 Å². The maximum absolute atomic E-state index is 11.9. The Kier molecular flexibility index (Phi) is 5.19. The molecule has 0 saturated carbocycles. The van der Waals surface area contributed by atoms with Gasteiger partial charge in [0.15, 0.2) is 0 Å². The van der Waals surface area contributed by atoms with Gasteiger partial charge in [-0.3, -0.25) is 4.79 Å². The highest BCUT2D eigenvalue weighted by Crippen LogP contribution is 2.36. The Morgan fingerprint density at radius 1 is 1.55 bits per heavy atom. The van der Waals surface area contributed by atoms with Gasteiger partial charge in [-0.05, 0) is 31.4 Å². The summed E-state index contributed by atoms with van der Waals surface area (Å²) in [6.07, 6.45) is 4.84. The van der Waals surface area contributed by atoms with E-state index in [1.165, 1.54) is 6.92 Å². The molecule has 5 nitrogen and oxygen atoms in total. The SMILES string of the molecule is C=C1C(=O)O[C@H]2C/C(CO)=C\CC/C(C)=C\[C@@H](OC(C)=O)[C@H]12. The van der Waals surface area contributed by atoms with E-state index in [1.54, 1.807) is 0 Å². The smallest absolute Gasteiger partial charge is 0.334 e. The van der Waals surface area contributed by atoms with Crippen LogP contribution >= 0.6 is 0 Å². The Bertz CT molecular complexity index is 543. The Balaban J connectivity index is 2.39. The predicted molar refractivity (Wildman–Crippen MR) is 80.8 cm³/mol. The lowest BCUT2D eigenvalue weighted by molar-refractivity contribution is -0.147. The highest BCUT2D eigenvalue weighted by atomic mass is 16.6. The van der Waals surface area contributed by atoms with Crippen LogP contribution in [0.25, 0.3) is 0 Å². The van der Waals surface area contributed by atoms with Crippen LogP contribution < -0.4 is 0 Å². The van der Waals surface area contributed by atoms with Gasteiger partial charge in [0.2, 0.25) is 0 Å². The van der Waals surface area contributed by atoms with Crippen molar-refractivity contribution in [3.05, 3.63) is 35.5 Å². The zero-order chi connectivity index (χ0) is 16.3. The molecule has 1 aliphatic heterocycles. The van der Waals surface area contributed by atoms with Gasteiger partial charge in [0.1, 0.15) is 12.2 Å². The van der Waals surface area contributed by atoms with Crippen molar-refractivity contribution in [2.75, 3.05) is 6.61 Å². The van der Waals surface area contributed by atoms with E-state index in [4.69, 9.17) is 9.47 Å². The minimum absolute atomic E-state index is 0.0752. The first-order chi connectivity index (χ1) is 10.4. The van der Waals surface area contributed by atoms with Crippen molar-refractivity contribution in [1.29, 1.82) is 0 Å². The van der Waals surface area contributed by atoms with Crippen LogP contribution in [-0.2, 0) is 19.1 Å². The largest absolute Gasteiger partial charge is 0.458 e. The first-order valence-corrected chi connectivity index (χ1v) is 7.45. The van der Waals surface area contributed by atoms with Gasteiger partial charge in [0.25, 0.3) is 0 Å². The summed E-state index contributed by atoms with van der Waals surface area (Å²) in [6, 6.07) is 0. The minimum Gasteiger partial charge on any atom is -0.458 e. The molecule has 1 N–H and O–H groups in total. The number of aliphatic hydroxyl groups excluding tert-OH is 1. The summed E-state index contributed by atoms with van der Waals surface area (Å²) < 4.78 is 10.8. The van der Waals surface area contributed by atoms with Gasteiger partial charge in [0.05, 0.1) is 12.5 Å². The van der Waals surface area contributed by atoms with Crippen molar-refractivity contribution in [2.45, 2.75) is 45.3 Å². The number of allylic oxidation sites excluding steroid dienone is 2. The van der Waals surface area contributed by atoms with Gasteiger partial charge >= 0.3 is 11.9 Å². The first-order valence-electron chi connectivity index (χ1n) is 7.45. The number of ether oxygens (including phenoxy) is 2. The average molecular weight is 306 g/mol. The summed E-state index contributed by atoms with van der Waals surface area (Å²) in [5.74, 6) is -1.29. The molecule has 2 aliphatic rings. The molecule has 3 atom stereocenters. The van der Waals surface area contributed by atoms with E-state index in [9.17, 15) is 14.7 Å². The molecule has 0 amide bonds. The van der Waals surface area contributed by atoms with Crippen LogP contribution in [0.3, 0.4) is 0 Å². The topological polar surface area (TPSA) is 72.8 Å². The zero-order valence-electron chi connectivity index (χ0n) is 13.0. The number of fused-ring (bicyclic) bond motifs is 1. The molecule has 1 fully saturated rings. The van der Waals surface area contributed by atoms with Crippen molar-refractivity contribution in [3.63, 3.8) is 0 Å². The van der Waals surface area contributed by atoms with Crippen LogP contribution in [0.2, 0.25) is 0 Å². The summed E-state index contributed by atoms with van der Waals surface area (Å²) in [5.41, 5.74) is 2.21. The molecule has 2 rings (SSSR count). The molecular formula is C17H22O5. The molecule has 1 aliphatic carbocycles. The number of hydrogen-bond acceptors (Lipinski definition) is 5. The van der Waals surface area contributed by atoms with Crippen molar-refractivity contribution in [1.82, 2.24) is 0 Å². The molecule has 5 heteroatoms. The number of carbonyl (C=O) groups is 2. The van der Waals surface area contributed by atoms with E-state index in [0.717, 1.165) is 24.0 Å². The van der Waals surface area contributed by atoms with Crippen LogP contribution in [0.5, 0.6) is 0 Å². The van der Waals surface area contributed by atoms with Gasteiger partial charge < -0.3 is 14.6 Å². The molecule has 120 valence electrons. The third-order valence-electron chi connectivity index (χ3n) is 4.07. The third kappa shape index (κ3) is 3.65. The quantitative estimate of drug-likeness (QED) is 0.480. The second kappa shape index (κ2) is 6.92. The lowest BCUT2D eigenvalue weighted by Gasteiger charge is -2.26. The molecule has 0 aromatic heterocycles. The highest BCUT2D eigenvalue weighted by Gasteiger charge is 2.44. The molecule has 0 radical (unpaired) electrons. The number of hydrogen-bond donors (Lipinski definition) is 1. The van der Waals surface area contributed by atoms with Gasteiger partial charge in [-0.1, -0.05) is 18.2 Å². The summed E-state index contributed by atoms with van der Waals surface area (Å²) in [7, 11) is 0. The lowest BCUT2D eigenvalue weighted by Crippen LogP contribution is -2.32. The fraction of sp³-hybridized carbons (Fsp3) is 0.529. The average Bonchev–Trinajstić information content (AvgIpc) is 2.71. The van der Waals surface area contributed by atoms with Crippen molar-refractivity contribution < 1.29 is 24.2 Å². The van der Waals surface area contributed by atoms with E-state index in [1.807, 2.05) is 19.1 Å². The Hall–Kier alpha value is -1.88. The van der Waals surface area contributed by atoms with Crippen molar-refractivity contribution >= 4 is 11.9 Å². The molecule has 1 saturated heterocycles. The fourth-order valence-corrected chi connectivity index (χ4v) is 2.97. The van der Waals surface area contributed by atoms with E-state index in [-0.39, 0.29) is 6.61 Å². The lowest BCUT2D eigenvalue weighted by atomic mass is 9.85. The molecule has 0 unspecified atom stereocenters. The Morgan fingerprint density at radius 2 is 2.27 bits per heavy atom. The Morgan fingerprint density at radius 3 is 2.91 bits per heavy atom. The normalized spacial score (nSPS) is 33.9. The van der Waals surface area contributed by atoms with E-state index in [0.29, 0.717) is 12.0 Å². The summed E-state index contributed by atoms with van der Waals surface area (Å²) in [5, 5.41) is 9.47. The Labute approximate surface area is 130 Å². The van der Waals surface area contributed by atoms with Crippen molar-refractivity contribution in [2.24, 2.45) is 5.92 Å². The predicted octanol–water partition coefficient (Wildman–Crippen LogP) is 2.06. The fourth-order valence-electron chi connectivity index (χ4n) is 2.97. The molecule has 22 heavy (non-hydrogen) atoms. The molecule has 1 heterocycles. The molecular weight excluding hydrogens is 284 g/mol. The minimum atomic E-state index is -0.570. The number of carbonyl (C=O) groups excluding carboxylic acids is 2. The van der Waals surface area contributed by atoms with Crippen LogP contribution in [0.15, 0.2) is 35.5 Å². The van der Waals surface area contributed by atoms with Gasteiger partial charge in [-0.2, -0.15) is 0 Å². The van der Waals surface area contributed by atoms with E-state index >= 15 is 0 Å². The van der Waals surface area contributed by atoms with Crippen LogP contribution in [0, 0.1) is 5.92 Å². The van der Waals surface area contributed by atoms with E-state index in [2.05, 4.69) is 6.58 Å². The summed E-state index contributed by atoms with van der Waals surface area (Å²) >= 11 is 0. The standard InChI is InChI=1S/C17H22O5/c1-10-5-4-6-13(9-18)8-15-16(11(2)17(20)22-15)14(7-10)21-12(3)19/h6-7,14-16,18H,2,4-5,8-9H2,1,3H3/b10-7-,13-6+/t14-,15+,16+/m1/s1. The monoisotopic (exact) mass is 306 g/mol. The number of aliphatic hydroxyl groups is 1. The third-order valence-corrected chi connectivity index (χ3v) is 4.07. The maximum Gasteiger partial charge on any atom is 0.334 e. The molecule has 0 aromatic carbocycles. The number of rotatable bonds is 2. The molecule has 0 bridgehead atoms. The molecule has 0 aromatic rings. The zero-order valence-corrected chi connectivity index (χ0v) is 13.0. The highest BCUT2D eigenvalue weighted by molar-refractivity contribution is 5.91. The van der Waals surface area contributed by atoms with Crippen molar-refractivity contribution in [3.8, 4) is 0 Å². The van der Waals surface area contributed by atoms with E-state index < -0.39 is 30.1 Å². The second-order valence-electron chi connectivity index (χ2n) is 5.85. The van der Waals surface area contributed by atoms with Gasteiger partial charge in [-0.25, -0.2) is 4.79 Å². The second-order valence-corrected chi connectivity index (χ2v) is 5.85. The van der Waals surface area contributed by atoms with Gasteiger partial charge in [-0.15, -0.1) is 0 Å². The maximum atomic E-state index is 11.9. The van der Waals surface area contributed by atoms with Crippen LogP contribution in [0.4, 0.5) is 0 Å². The van der Waals surface area contributed by atoms with Crippen LogP contribution in [-0.4, -0.2) is 35.9 Å². The summed E-state index contributed by atoms with van der Waals surface area (Å²) in [4.78, 5) is 23.3. The van der Waals surface area contributed by atoms with Crippen LogP contribution in [0.1, 0.15) is 33.1 Å². The summed E-state index contributed by atoms with van der Waals surface area (Å²) in [6.45, 7) is 7.03. The first kappa shape index (κ1) is 16.5. The molecule has 0 spiro atoms.